The van der Waals surface area contributed by atoms with E-state index in [9.17, 15) is 0 Å². The predicted molar refractivity (Wildman–Crippen MR) is 74.6 cm³/mol. The van der Waals surface area contributed by atoms with Crippen molar-refractivity contribution >= 4 is 0 Å². The molecule has 106 valence electrons. The summed E-state index contributed by atoms with van der Waals surface area (Å²) in [6.45, 7) is 2.02. The quantitative estimate of drug-likeness (QED) is 0.754. The first kappa shape index (κ1) is 14.2. The highest BCUT2D eigenvalue weighted by molar-refractivity contribution is 5.40. The average molecular weight is 265 g/mol. The maximum absolute atomic E-state index is 9.04. The Bertz CT molecular complexity index is 416. The van der Waals surface area contributed by atoms with Crippen LogP contribution in [-0.4, -0.2) is 32.5 Å². The summed E-state index contributed by atoms with van der Waals surface area (Å²) in [5.74, 6) is 1.65. The molecule has 2 rings (SSSR count). The topological polar surface area (TPSA) is 50.7 Å². The summed E-state index contributed by atoms with van der Waals surface area (Å²) in [5.41, 5.74) is 1.47. The van der Waals surface area contributed by atoms with E-state index in [1.807, 2.05) is 18.2 Å². The number of aliphatic hydroxyl groups excluding tert-OH is 1. The number of hydrogen-bond donors (Lipinski definition) is 2. The SMILES string of the molecule is COc1ccc(CNCC2(CCO)CC2)c(OC)c1. The van der Waals surface area contributed by atoms with E-state index < -0.39 is 0 Å². The van der Waals surface area contributed by atoms with Crippen molar-refractivity contribution in [1.82, 2.24) is 5.32 Å². The summed E-state index contributed by atoms with van der Waals surface area (Å²) in [6, 6.07) is 5.87. The fourth-order valence-corrected chi connectivity index (χ4v) is 2.39. The molecule has 1 fully saturated rings. The molecule has 1 saturated carbocycles. The van der Waals surface area contributed by atoms with Crippen LogP contribution in [0.5, 0.6) is 11.5 Å². The van der Waals surface area contributed by atoms with Gasteiger partial charge in [0.05, 0.1) is 14.2 Å². The Hall–Kier alpha value is -1.26. The Morgan fingerprint density at radius 1 is 1.26 bits per heavy atom. The van der Waals surface area contributed by atoms with Gasteiger partial charge in [-0.25, -0.2) is 0 Å². The zero-order valence-electron chi connectivity index (χ0n) is 11.7. The van der Waals surface area contributed by atoms with E-state index in [4.69, 9.17) is 14.6 Å². The molecule has 1 aliphatic rings. The number of ether oxygens (including phenoxy) is 2. The van der Waals surface area contributed by atoms with Gasteiger partial charge in [0.2, 0.25) is 0 Å². The third-order valence-electron chi connectivity index (χ3n) is 3.91. The van der Waals surface area contributed by atoms with Crippen molar-refractivity contribution in [3.05, 3.63) is 23.8 Å². The van der Waals surface area contributed by atoms with Crippen molar-refractivity contribution in [3.63, 3.8) is 0 Å². The van der Waals surface area contributed by atoms with Crippen molar-refractivity contribution in [1.29, 1.82) is 0 Å². The molecule has 2 N–H and O–H groups in total. The highest BCUT2D eigenvalue weighted by Crippen LogP contribution is 2.47. The molecule has 4 nitrogen and oxygen atoms in total. The van der Waals surface area contributed by atoms with E-state index in [1.165, 1.54) is 12.8 Å². The van der Waals surface area contributed by atoms with Crippen LogP contribution in [0.25, 0.3) is 0 Å². The second kappa shape index (κ2) is 6.26. The Morgan fingerprint density at radius 2 is 2.05 bits per heavy atom. The van der Waals surface area contributed by atoms with Crippen molar-refractivity contribution in [2.75, 3.05) is 27.4 Å². The zero-order chi connectivity index (χ0) is 13.7. The van der Waals surface area contributed by atoms with Gasteiger partial charge >= 0.3 is 0 Å². The monoisotopic (exact) mass is 265 g/mol. The van der Waals surface area contributed by atoms with Crippen LogP contribution in [0.2, 0.25) is 0 Å². The molecule has 0 bridgehead atoms. The molecule has 0 unspecified atom stereocenters. The lowest BCUT2D eigenvalue weighted by Crippen LogP contribution is -2.24. The average Bonchev–Trinajstić information content (AvgIpc) is 3.19. The van der Waals surface area contributed by atoms with Crippen LogP contribution in [0, 0.1) is 5.41 Å². The molecule has 0 radical (unpaired) electrons. The van der Waals surface area contributed by atoms with Gasteiger partial charge in [0.1, 0.15) is 11.5 Å². The normalized spacial score (nSPS) is 16.2. The van der Waals surface area contributed by atoms with Crippen LogP contribution < -0.4 is 14.8 Å². The van der Waals surface area contributed by atoms with Crippen molar-refractivity contribution in [2.45, 2.75) is 25.8 Å². The Balaban J connectivity index is 1.89. The first-order valence-corrected chi connectivity index (χ1v) is 6.75. The van der Waals surface area contributed by atoms with Gasteiger partial charge in [0.25, 0.3) is 0 Å². The van der Waals surface area contributed by atoms with E-state index >= 15 is 0 Å². The smallest absolute Gasteiger partial charge is 0.127 e. The number of aliphatic hydroxyl groups is 1. The summed E-state index contributed by atoms with van der Waals surface area (Å²) >= 11 is 0. The van der Waals surface area contributed by atoms with Gasteiger partial charge in [-0.3, -0.25) is 0 Å². The second-order valence-corrected chi connectivity index (χ2v) is 5.25. The Kier molecular flexibility index (Phi) is 4.66. The maximum Gasteiger partial charge on any atom is 0.127 e. The number of methoxy groups -OCH3 is 2. The van der Waals surface area contributed by atoms with Gasteiger partial charge in [-0.2, -0.15) is 0 Å². The second-order valence-electron chi connectivity index (χ2n) is 5.25. The maximum atomic E-state index is 9.04. The fourth-order valence-electron chi connectivity index (χ4n) is 2.39. The summed E-state index contributed by atoms with van der Waals surface area (Å²) < 4.78 is 10.6. The van der Waals surface area contributed by atoms with Crippen molar-refractivity contribution < 1.29 is 14.6 Å². The molecular formula is C15H23NO3. The van der Waals surface area contributed by atoms with Crippen LogP contribution in [0.1, 0.15) is 24.8 Å². The highest BCUT2D eigenvalue weighted by Gasteiger charge is 2.41. The van der Waals surface area contributed by atoms with Crippen LogP contribution >= 0.6 is 0 Å². The number of hydrogen-bond acceptors (Lipinski definition) is 4. The summed E-state index contributed by atoms with van der Waals surface area (Å²) in [5, 5.41) is 12.5. The standard InChI is InChI=1S/C15H23NO3/c1-18-13-4-3-12(14(9-13)19-2)10-16-11-15(5-6-15)7-8-17/h3-4,9,16-17H,5-8,10-11H2,1-2H3. The number of benzene rings is 1. The van der Waals surface area contributed by atoms with E-state index in [0.717, 1.165) is 36.6 Å². The molecule has 0 heterocycles. The van der Waals surface area contributed by atoms with Crippen molar-refractivity contribution in [3.8, 4) is 11.5 Å². The molecule has 0 aliphatic heterocycles. The van der Waals surface area contributed by atoms with Crippen LogP contribution in [0.3, 0.4) is 0 Å². The van der Waals surface area contributed by atoms with Gasteiger partial charge in [-0.05, 0) is 30.7 Å². The van der Waals surface area contributed by atoms with Gasteiger partial charge in [0, 0.05) is 31.3 Å². The van der Waals surface area contributed by atoms with E-state index in [2.05, 4.69) is 5.32 Å². The number of rotatable bonds is 8. The molecular weight excluding hydrogens is 242 g/mol. The summed E-state index contributed by atoms with van der Waals surface area (Å²) in [4.78, 5) is 0. The Morgan fingerprint density at radius 3 is 2.63 bits per heavy atom. The predicted octanol–water partition coefficient (Wildman–Crippen LogP) is 1.96. The lowest BCUT2D eigenvalue weighted by molar-refractivity contribution is 0.245. The Labute approximate surface area is 114 Å². The van der Waals surface area contributed by atoms with Gasteiger partial charge in [-0.15, -0.1) is 0 Å². The van der Waals surface area contributed by atoms with Gasteiger partial charge in [0.15, 0.2) is 0 Å². The first-order valence-electron chi connectivity index (χ1n) is 6.75. The molecule has 19 heavy (non-hydrogen) atoms. The molecule has 0 saturated heterocycles. The van der Waals surface area contributed by atoms with E-state index in [0.29, 0.717) is 5.41 Å². The minimum absolute atomic E-state index is 0.285. The number of nitrogens with one attached hydrogen (secondary N) is 1. The molecule has 1 aromatic rings. The first-order chi connectivity index (χ1) is 9.23. The third-order valence-corrected chi connectivity index (χ3v) is 3.91. The summed E-state index contributed by atoms with van der Waals surface area (Å²) in [6.07, 6.45) is 3.35. The van der Waals surface area contributed by atoms with Gasteiger partial charge < -0.3 is 19.9 Å². The van der Waals surface area contributed by atoms with Crippen molar-refractivity contribution in [2.24, 2.45) is 5.41 Å². The molecule has 1 aliphatic carbocycles. The van der Waals surface area contributed by atoms with Crippen LogP contribution in [-0.2, 0) is 6.54 Å². The highest BCUT2D eigenvalue weighted by atomic mass is 16.5. The zero-order valence-corrected chi connectivity index (χ0v) is 11.7. The van der Waals surface area contributed by atoms with E-state index in [-0.39, 0.29) is 6.61 Å². The molecule has 0 aromatic heterocycles. The molecule has 0 amide bonds. The lowest BCUT2D eigenvalue weighted by Gasteiger charge is -2.16. The van der Waals surface area contributed by atoms with Gasteiger partial charge in [-0.1, -0.05) is 6.07 Å². The lowest BCUT2D eigenvalue weighted by atomic mass is 10.0. The van der Waals surface area contributed by atoms with Crippen LogP contribution in [0.15, 0.2) is 18.2 Å². The third kappa shape index (κ3) is 3.61. The molecule has 1 aromatic carbocycles. The largest absolute Gasteiger partial charge is 0.497 e. The van der Waals surface area contributed by atoms with Crippen LogP contribution in [0.4, 0.5) is 0 Å². The molecule has 0 atom stereocenters. The summed E-state index contributed by atoms with van der Waals surface area (Å²) in [7, 11) is 3.32. The molecule has 4 heteroatoms. The molecule has 0 spiro atoms. The van der Waals surface area contributed by atoms with E-state index in [1.54, 1.807) is 14.2 Å². The minimum atomic E-state index is 0.285. The fraction of sp³-hybridized carbons (Fsp3) is 0.600. The minimum Gasteiger partial charge on any atom is -0.497 e.